The highest BCUT2D eigenvalue weighted by molar-refractivity contribution is 7.01. The van der Waals surface area contributed by atoms with Crippen molar-refractivity contribution in [3.8, 4) is 11.1 Å². The van der Waals surface area contributed by atoms with Crippen molar-refractivity contribution in [1.82, 2.24) is 0 Å². The molecular weight excluding hydrogens is 908 g/mol. The lowest BCUT2D eigenvalue weighted by molar-refractivity contribution is 0.332. The van der Waals surface area contributed by atoms with Crippen molar-refractivity contribution >= 4 is 68.4 Å². The monoisotopic (exact) mass is 993 g/mol. The third-order valence-electron chi connectivity index (χ3n) is 20.0. The van der Waals surface area contributed by atoms with Crippen molar-refractivity contribution in [2.24, 2.45) is 0 Å². The average molecular weight is 993 g/mol. The molecule has 12 rings (SSSR count). The molecule has 3 aliphatic carbocycles. The molecule has 75 heavy (non-hydrogen) atoms. The highest BCUT2D eigenvalue weighted by Crippen LogP contribution is 2.56. The molecule has 2 aliphatic heterocycles. The van der Waals surface area contributed by atoms with Crippen LogP contribution < -0.4 is 26.2 Å². The van der Waals surface area contributed by atoms with Gasteiger partial charge in [0.25, 0.3) is 6.71 Å². The van der Waals surface area contributed by atoms with Gasteiger partial charge in [-0.1, -0.05) is 167 Å². The largest absolute Gasteiger partial charge is 0.440 e. The van der Waals surface area contributed by atoms with Crippen LogP contribution in [-0.4, -0.2) is 6.71 Å². The lowest BCUT2D eigenvalue weighted by atomic mass is 9.33. The van der Waals surface area contributed by atoms with Crippen LogP contribution in [0, 0.1) is 6.92 Å². The molecule has 0 atom stereocenters. The number of fused-ring (bicyclic) bond motifs is 9. The molecule has 0 radical (unpaired) electrons. The summed E-state index contributed by atoms with van der Waals surface area (Å²) in [6.07, 6.45) is 6.95. The average Bonchev–Trinajstić information content (AvgIpc) is 3.73. The summed E-state index contributed by atoms with van der Waals surface area (Å²) in [6.45, 7) is 46.0. The summed E-state index contributed by atoms with van der Waals surface area (Å²) in [5.74, 6) is 0.951. The topological polar surface area (TPSA) is 19.6 Å². The van der Waals surface area contributed by atoms with Crippen LogP contribution in [0.5, 0.6) is 0 Å². The minimum absolute atomic E-state index is 0.00421. The standard InChI is InChI=1S/C71H85BN2O/c1-42-34-58-62-59(35-42)74(56-40-53-51(68(12,13)30-32-70(53,16)17)38-47(56)43-20-22-44(23-21-43)64(2,3)4)57-41-54-52(69(14,15)31-33-71(54,18)19)39-55(57)72(62)61-48-36-45(65(5,6)7)24-27-60(48)75-63(61)73(58)46-25-26-49-50(37-46)67(10,11)29-28-66(49,8)9/h20-27,34-41H,28-33H2,1-19H3. The number of hydrogen-bond acceptors (Lipinski definition) is 3. The van der Waals surface area contributed by atoms with Gasteiger partial charge in [-0.25, -0.2) is 0 Å². The summed E-state index contributed by atoms with van der Waals surface area (Å²) in [6, 6.07) is 39.8. The molecular formula is C71H85BN2O. The normalized spacial score (nSPS) is 20.2. The van der Waals surface area contributed by atoms with Gasteiger partial charge in [-0.05, 0) is 210 Å². The van der Waals surface area contributed by atoms with Gasteiger partial charge in [-0.3, -0.25) is 4.90 Å². The van der Waals surface area contributed by atoms with Crippen LogP contribution in [0.25, 0.3) is 22.1 Å². The van der Waals surface area contributed by atoms with E-state index in [0.29, 0.717) is 0 Å². The predicted octanol–water partition coefficient (Wildman–Crippen LogP) is 18.1. The van der Waals surface area contributed by atoms with Crippen molar-refractivity contribution in [1.29, 1.82) is 0 Å². The van der Waals surface area contributed by atoms with Gasteiger partial charge in [0.05, 0.1) is 5.69 Å². The van der Waals surface area contributed by atoms with E-state index in [2.05, 4.69) is 238 Å². The van der Waals surface area contributed by atoms with Crippen LogP contribution in [0.3, 0.4) is 0 Å². The molecule has 7 aromatic rings. The summed E-state index contributed by atoms with van der Waals surface area (Å²) >= 11 is 0. The number of rotatable bonds is 3. The van der Waals surface area contributed by atoms with Crippen LogP contribution in [0.1, 0.15) is 213 Å². The molecule has 388 valence electrons. The Morgan fingerprint density at radius 2 is 0.893 bits per heavy atom. The van der Waals surface area contributed by atoms with Crippen molar-refractivity contribution in [3.63, 3.8) is 0 Å². The van der Waals surface area contributed by atoms with E-state index in [1.807, 2.05) is 0 Å². The zero-order valence-electron chi connectivity index (χ0n) is 49.4. The molecule has 0 saturated heterocycles. The molecule has 3 nitrogen and oxygen atoms in total. The third kappa shape index (κ3) is 7.62. The maximum atomic E-state index is 7.50. The molecule has 0 unspecified atom stereocenters. The Morgan fingerprint density at radius 3 is 1.44 bits per heavy atom. The number of aryl methyl sites for hydroxylation is 1. The molecule has 5 aliphatic rings. The van der Waals surface area contributed by atoms with E-state index in [1.165, 1.54) is 118 Å². The quantitative estimate of drug-likeness (QED) is 0.165. The SMILES string of the molecule is Cc1cc2c3c(c1)N(c1ccc4c(c1)C(C)(C)CCC4(C)C)c1oc4ccc(C(C)(C)C)cc4c1B3c1cc3c(cc1N2c1cc2c(cc1-c1ccc(C(C)(C)C)cc1)C(C)(C)CCC2(C)C)C(C)(C)CCC3(C)C. The second kappa shape index (κ2) is 15.8. The zero-order chi connectivity index (χ0) is 53.7. The van der Waals surface area contributed by atoms with Gasteiger partial charge in [0, 0.05) is 39.2 Å². The summed E-state index contributed by atoms with van der Waals surface area (Å²) in [5.41, 5.74) is 26.7. The van der Waals surface area contributed by atoms with Crippen molar-refractivity contribution in [2.75, 3.05) is 9.80 Å². The highest BCUT2D eigenvalue weighted by Gasteiger charge is 2.50. The van der Waals surface area contributed by atoms with Crippen LogP contribution in [0.15, 0.2) is 101 Å². The van der Waals surface area contributed by atoms with E-state index in [0.717, 1.165) is 43.6 Å². The maximum Gasteiger partial charge on any atom is 0.257 e. The Labute approximate surface area is 452 Å². The number of benzene rings is 6. The third-order valence-corrected chi connectivity index (χ3v) is 20.0. The molecule has 3 heterocycles. The van der Waals surface area contributed by atoms with Gasteiger partial charge in [0.1, 0.15) is 5.58 Å². The zero-order valence-corrected chi connectivity index (χ0v) is 49.4. The smallest absolute Gasteiger partial charge is 0.257 e. The first kappa shape index (κ1) is 50.3. The molecule has 0 fully saturated rings. The Bertz CT molecular complexity index is 3540. The first-order chi connectivity index (χ1) is 34.8. The number of hydrogen-bond donors (Lipinski definition) is 0. The second-order valence-corrected chi connectivity index (χ2v) is 30.3. The Kier molecular flexibility index (Phi) is 10.6. The maximum absolute atomic E-state index is 7.50. The molecule has 4 heteroatoms. The lowest BCUT2D eigenvalue weighted by Gasteiger charge is -2.48. The van der Waals surface area contributed by atoms with Gasteiger partial charge >= 0.3 is 0 Å². The fraction of sp³-hybridized carbons (Fsp3) is 0.465. The number of furan rings is 1. The van der Waals surface area contributed by atoms with Gasteiger partial charge < -0.3 is 9.32 Å². The van der Waals surface area contributed by atoms with E-state index in [4.69, 9.17) is 4.42 Å². The highest BCUT2D eigenvalue weighted by atomic mass is 16.4. The number of nitrogens with zero attached hydrogens (tertiary/aromatic N) is 2. The van der Waals surface area contributed by atoms with Crippen molar-refractivity contribution in [2.45, 2.75) is 213 Å². The van der Waals surface area contributed by atoms with E-state index in [-0.39, 0.29) is 50.0 Å². The van der Waals surface area contributed by atoms with Crippen LogP contribution in [-0.2, 0) is 43.3 Å². The lowest BCUT2D eigenvalue weighted by Crippen LogP contribution is -2.61. The van der Waals surface area contributed by atoms with Crippen LogP contribution in [0.2, 0.25) is 0 Å². The van der Waals surface area contributed by atoms with Gasteiger partial charge in [-0.15, -0.1) is 0 Å². The molecule has 1 aromatic heterocycles. The Morgan fingerprint density at radius 1 is 0.427 bits per heavy atom. The van der Waals surface area contributed by atoms with Crippen LogP contribution in [0.4, 0.5) is 34.3 Å². The van der Waals surface area contributed by atoms with Crippen molar-refractivity contribution < 1.29 is 4.42 Å². The molecule has 0 amide bonds. The predicted molar refractivity (Wildman–Crippen MR) is 324 cm³/mol. The van der Waals surface area contributed by atoms with Gasteiger partial charge in [0.2, 0.25) is 5.88 Å². The van der Waals surface area contributed by atoms with E-state index >= 15 is 0 Å². The fourth-order valence-corrected chi connectivity index (χ4v) is 14.6. The Balaban J connectivity index is 1.24. The first-order valence-electron chi connectivity index (χ1n) is 28.7. The summed E-state index contributed by atoms with van der Waals surface area (Å²) in [5, 5.41) is 1.22. The van der Waals surface area contributed by atoms with E-state index in [1.54, 1.807) is 0 Å². The minimum atomic E-state index is -0.0776. The molecule has 6 aromatic carbocycles. The summed E-state index contributed by atoms with van der Waals surface area (Å²) in [7, 11) is 0. The molecule has 0 bridgehead atoms. The summed E-state index contributed by atoms with van der Waals surface area (Å²) in [4.78, 5) is 5.32. The van der Waals surface area contributed by atoms with E-state index in [9.17, 15) is 0 Å². The number of anilines is 6. The fourth-order valence-electron chi connectivity index (χ4n) is 14.6. The molecule has 0 saturated carbocycles. The van der Waals surface area contributed by atoms with Crippen LogP contribution >= 0.6 is 0 Å². The first-order valence-corrected chi connectivity index (χ1v) is 28.7. The minimum Gasteiger partial charge on any atom is -0.440 e. The summed E-state index contributed by atoms with van der Waals surface area (Å²) < 4.78 is 7.50. The van der Waals surface area contributed by atoms with E-state index < -0.39 is 0 Å². The van der Waals surface area contributed by atoms with Gasteiger partial charge in [-0.2, -0.15) is 0 Å². The van der Waals surface area contributed by atoms with Crippen molar-refractivity contribution in [3.05, 3.63) is 147 Å². The Hall–Kier alpha value is -5.48. The molecule has 0 N–H and O–H groups in total. The van der Waals surface area contributed by atoms with Gasteiger partial charge in [0.15, 0.2) is 0 Å². The second-order valence-electron chi connectivity index (χ2n) is 30.3. The molecule has 0 spiro atoms.